The molecule has 47 heavy (non-hydrogen) atoms. The molecule has 6 heterocycles. The molecule has 1 amide bonds. The van der Waals surface area contributed by atoms with E-state index in [-0.39, 0.29) is 49.5 Å². The molecule has 4 fully saturated rings. The Balaban J connectivity index is 1.14. The Kier molecular flexibility index (Phi) is 8.02. The maximum atomic E-state index is 14.4. The summed E-state index contributed by atoms with van der Waals surface area (Å²) in [7, 11) is 0. The average Bonchev–Trinajstić information content (AvgIpc) is 3.62. The van der Waals surface area contributed by atoms with Gasteiger partial charge in [-0.1, -0.05) is 0 Å². The molecule has 1 spiro atoms. The number of aryl methyl sites for hydroxylation is 1. The molecule has 7 rings (SSSR count). The van der Waals surface area contributed by atoms with Crippen LogP contribution in [0.3, 0.4) is 0 Å². The number of halogens is 3. The summed E-state index contributed by atoms with van der Waals surface area (Å²) in [5.74, 6) is -1.52. The van der Waals surface area contributed by atoms with Gasteiger partial charge < -0.3 is 19.3 Å². The van der Waals surface area contributed by atoms with Gasteiger partial charge in [0.25, 0.3) is 5.92 Å². The Morgan fingerprint density at radius 3 is 2.53 bits per heavy atom. The van der Waals surface area contributed by atoms with Crippen LogP contribution in [0.2, 0.25) is 0 Å². The minimum absolute atomic E-state index is 0.167. The highest BCUT2D eigenvalue weighted by atomic mass is 32.1. The maximum Gasteiger partial charge on any atom is 0.412 e. The first-order chi connectivity index (χ1) is 22.3. The van der Waals surface area contributed by atoms with Crippen LogP contribution in [-0.4, -0.2) is 90.1 Å². The molecular weight excluding hydrogens is 631 g/mol. The Morgan fingerprint density at radius 1 is 1.11 bits per heavy atom. The summed E-state index contributed by atoms with van der Waals surface area (Å²) < 4.78 is 54.2. The average molecular weight is 674 g/mol. The number of rotatable bonds is 6. The van der Waals surface area contributed by atoms with Crippen molar-refractivity contribution in [1.82, 2.24) is 14.9 Å². The fraction of sp³-hybridized carbons (Fsp3) is 0.697. The number of amides is 1. The molecule has 0 unspecified atom stereocenters. The van der Waals surface area contributed by atoms with Crippen LogP contribution >= 0.6 is 11.3 Å². The number of hydrogen-bond acceptors (Lipinski definition) is 10. The van der Waals surface area contributed by atoms with Gasteiger partial charge in [-0.15, -0.1) is 11.3 Å². The van der Waals surface area contributed by atoms with E-state index < -0.39 is 23.8 Å². The highest BCUT2D eigenvalue weighted by Crippen LogP contribution is 2.52. The van der Waals surface area contributed by atoms with Crippen molar-refractivity contribution < 1.29 is 27.4 Å². The minimum atomic E-state index is -2.69. The van der Waals surface area contributed by atoms with Crippen molar-refractivity contribution in [2.45, 2.75) is 101 Å². The molecule has 0 aromatic carbocycles. The standard InChI is InChI=1S/C33H42F3N7O3S/c1-30(2,3)46-29(44)40-27-22(16-37)26-23(47-27)6-4-7-31(26)18-42(19-31)25-14-24(41-12-9-33(35,36)10-13-41)38-28(39-25)45-20-32-8-5-11-43(32)17-21(34)15-32/h14,21H,4-13,15,17-20H2,1-3H3,(H,40,44)/t21-,32+/m1/s1. The molecule has 254 valence electrons. The van der Waals surface area contributed by atoms with Crippen LogP contribution in [0.4, 0.5) is 34.6 Å². The second-order valence-corrected chi connectivity index (χ2v) is 16.0. The fourth-order valence-electron chi connectivity index (χ4n) is 8.18. The van der Waals surface area contributed by atoms with Gasteiger partial charge >= 0.3 is 12.1 Å². The van der Waals surface area contributed by atoms with Gasteiger partial charge in [0.2, 0.25) is 0 Å². The number of nitrogens with one attached hydrogen (secondary N) is 1. The number of carbonyl (C=O) groups excluding carboxylic acids is 1. The SMILES string of the molecule is CC(C)(C)OC(=O)Nc1sc2c(c1C#N)C1(CCC2)CN(c2cc(N3CCC(F)(F)CC3)nc(OC[C@@]34CCCN3C[C@H](F)C4)n2)C1. The quantitative estimate of drug-likeness (QED) is 0.393. The third-order valence-corrected chi connectivity index (χ3v) is 11.5. The van der Waals surface area contributed by atoms with Crippen LogP contribution in [0.25, 0.3) is 0 Å². The van der Waals surface area contributed by atoms with Crippen molar-refractivity contribution in [3.63, 3.8) is 0 Å². The summed E-state index contributed by atoms with van der Waals surface area (Å²) in [5.41, 5.74) is 0.153. The second kappa shape index (κ2) is 11.7. The summed E-state index contributed by atoms with van der Waals surface area (Å²) in [5, 5.41) is 13.6. The van der Waals surface area contributed by atoms with E-state index in [0.717, 1.165) is 49.1 Å². The fourth-order valence-corrected chi connectivity index (χ4v) is 9.48. The molecule has 0 bridgehead atoms. The number of carbonyl (C=O) groups is 1. The molecule has 5 aliphatic rings. The van der Waals surface area contributed by atoms with Gasteiger partial charge in [-0.3, -0.25) is 10.2 Å². The molecule has 4 saturated heterocycles. The smallest absolute Gasteiger partial charge is 0.412 e. The zero-order valence-electron chi connectivity index (χ0n) is 27.2. The van der Waals surface area contributed by atoms with Gasteiger partial charge in [0.1, 0.15) is 41.1 Å². The molecular formula is C33H42F3N7O3S. The first-order valence-corrected chi connectivity index (χ1v) is 17.4. The van der Waals surface area contributed by atoms with Gasteiger partial charge in [-0.05, 0) is 65.0 Å². The normalized spacial score (nSPS) is 26.4. The Bertz CT molecular complexity index is 1570. The Hall–Kier alpha value is -3.31. The number of nitriles is 1. The predicted molar refractivity (Wildman–Crippen MR) is 173 cm³/mol. The lowest BCUT2D eigenvalue weighted by Gasteiger charge is -2.53. The van der Waals surface area contributed by atoms with Crippen molar-refractivity contribution in [3.8, 4) is 12.1 Å². The van der Waals surface area contributed by atoms with Crippen LogP contribution < -0.4 is 19.9 Å². The lowest BCUT2D eigenvalue weighted by molar-refractivity contribution is -0.0221. The monoisotopic (exact) mass is 673 g/mol. The van der Waals surface area contributed by atoms with Crippen LogP contribution in [0, 0.1) is 11.3 Å². The number of piperidine rings is 1. The molecule has 10 nitrogen and oxygen atoms in total. The molecule has 0 saturated carbocycles. The Morgan fingerprint density at radius 2 is 1.83 bits per heavy atom. The first kappa shape index (κ1) is 32.2. The van der Waals surface area contributed by atoms with Crippen molar-refractivity contribution in [3.05, 3.63) is 22.1 Å². The third kappa shape index (κ3) is 6.21. The van der Waals surface area contributed by atoms with E-state index in [1.54, 1.807) is 20.8 Å². The first-order valence-electron chi connectivity index (χ1n) is 16.6. The minimum Gasteiger partial charge on any atom is -0.461 e. The number of nitrogens with zero attached hydrogens (tertiary/aromatic N) is 6. The molecule has 1 aliphatic carbocycles. The van der Waals surface area contributed by atoms with Crippen molar-refractivity contribution in [2.75, 3.05) is 61.0 Å². The topological polar surface area (TPSA) is 107 Å². The van der Waals surface area contributed by atoms with Gasteiger partial charge in [-0.25, -0.2) is 18.0 Å². The lowest BCUT2D eigenvalue weighted by Crippen LogP contribution is -2.61. The van der Waals surface area contributed by atoms with E-state index in [1.165, 1.54) is 11.3 Å². The summed E-state index contributed by atoms with van der Waals surface area (Å²) in [6, 6.07) is 4.37. The highest BCUT2D eigenvalue weighted by Gasteiger charge is 2.51. The third-order valence-electron chi connectivity index (χ3n) is 10.3. The number of hydrogen-bond donors (Lipinski definition) is 1. The Labute approximate surface area is 277 Å². The van der Waals surface area contributed by atoms with E-state index in [2.05, 4.69) is 26.2 Å². The lowest BCUT2D eigenvalue weighted by atomic mass is 9.66. The summed E-state index contributed by atoms with van der Waals surface area (Å²) >= 11 is 1.44. The summed E-state index contributed by atoms with van der Waals surface area (Å²) in [6.07, 6.45) is 2.97. The number of alkyl halides is 3. The van der Waals surface area contributed by atoms with E-state index in [1.807, 2.05) is 11.0 Å². The summed E-state index contributed by atoms with van der Waals surface area (Å²) in [6.45, 7) is 8.46. The highest BCUT2D eigenvalue weighted by molar-refractivity contribution is 7.16. The van der Waals surface area contributed by atoms with Gasteiger partial charge in [0.05, 0.1) is 11.1 Å². The molecule has 14 heteroatoms. The number of thiophene rings is 1. The van der Waals surface area contributed by atoms with Crippen LogP contribution in [-0.2, 0) is 16.6 Å². The maximum absolute atomic E-state index is 14.4. The van der Waals surface area contributed by atoms with Gasteiger partial charge in [-0.2, -0.15) is 15.2 Å². The molecule has 1 N–H and O–H groups in total. The number of fused-ring (bicyclic) bond motifs is 3. The molecule has 2 aromatic heterocycles. The van der Waals surface area contributed by atoms with Crippen LogP contribution in [0.15, 0.2) is 6.07 Å². The van der Waals surface area contributed by atoms with Crippen LogP contribution in [0.5, 0.6) is 6.01 Å². The van der Waals surface area contributed by atoms with E-state index in [4.69, 9.17) is 14.5 Å². The zero-order chi connectivity index (χ0) is 33.2. The second-order valence-electron chi connectivity index (χ2n) is 14.9. The molecule has 2 aromatic rings. The molecule has 4 aliphatic heterocycles. The predicted octanol–water partition coefficient (Wildman–Crippen LogP) is 6.04. The largest absolute Gasteiger partial charge is 0.461 e. The zero-order valence-corrected chi connectivity index (χ0v) is 28.0. The molecule has 2 atom stereocenters. The number of ether oxygens (including phenoxy) is 2. The van der Waals surface area contributed by atoms with E-state index in [9.17, 15) is 23.2 Å². The van der Waals surface area contributed by atoms with E-state index in [0.29, 0.717) is 48.3 Å². The van der Waals surface area contributed by atoms with Gasteiger partial charge in [0.15, 0.2) is 0 Å². The number of anilines is 3. The molecule has 0 radical (unpaired) electrons. The van der Waals surface area contributed by atoms with Crippen molar-refractivity contribution in [2.24, 2.45) is 0 Å². The van der Waals surface area contributed by atoms with Crippen molar-refractivity contribution in [1.29, 1.82) is 5.26 Å². The van der Waals surface area contributed by atoms with E-state index >= 15 is 0 Å². The van der Waals surface area contributed by atoms with Gasteiger partial charge in [0, 0.05) is 68.3 Å². The van der Waals surface area contributed by atoms with Crippen LogP contribution in [0.1, 0.15) is 81.7 Å². The summed E-state index contributed by atoms with van der Waals surface area (Å²) in [4.78, 5) is 29.3. The number of aromatic nitrogens is 2. The van der Waals surface area contributed by atoms with Crippen molar-refractivity contribution >= 4 is 34.1 Å².